The molecule has 0 aliphatic carbocycles. The Morgan fingerprint density at radius 2 is 2.12 bits per heavy atom. The van der Waals surface area contributed by atoms with E-state index in [2.05, 4.69) is 35.0 Å². The van der Waals surface area contributed by atoms with Gasteiger partial charge in [0.05, 0.1) is 11.1 Å². The molecule has 1 atom stereocenters. The van der Waals surface area contributed by atoms with Crippen molar-refractivity contribution in [1.29, 1.82) is 0 Å². The second kappa shape index (κ2) is 4.21. The Kier molecular flexibility index (Phi) is 2.72. The predicted octanol–water partition coefficient (Wildman–Crippen LogP) is 3.64. The Hall–Kier alpha value is -0.830. The fraction of sp³-hybridized carbons (Fsp3) is 0.231. The molecule has 1 nitrogen and oxygen atoms in total. The maximum atomic E-state index is 6.21. The first-order valence-corrected chi connectivity index (χ1v) is 6.66. The van der Waals surface area contributed by atoms with Crippen LogP contribution in [0.2, 0.25) is 5.02 Å². The van der Waals surface area contributed by atoms with E-state index in [4.69, 9.17) is 11.6 Å². The molecular formula is C13H12ClNS. The highest BCUT2D eigenvalue weighted by atomic mass is 35.5. The van der Waals surface area contributed by atoms with Crippen LogP contribution in [0.15, 0.2) is 35.7 Å². The van der Waals surface area contributed by atoms with E-state index in [-0.39, 0.29) is 6.04 Å². The molecule has 2 aromatic rings. The first-order valence-electron chi connectivity index (χ1n) is 5.40. The lowest BCUT2D eigenvalue weighted by Crippen LogP contribution is -2.30. The van der Waals surface area contributed by atoms with Gasteiger partial charge in [0.15, 0.2) is 0 Å². The lowest BCUT2D eigenvalue weighted by Gasteiger charge is -2.26. The number of halogens is 1. The van der Waals surface area contributed by atoms with Gasteiger partial charge in [-0.2, -0.15) is 0 Å². The minimum Gasteiger partial charge on any atom is -0.305 e. The van der Waals surface area contributed by atoms with Crippen molar-refractivity contribution in [3.05, 3.63) is 56.7 Å². The third-order valence-electron chi connectivity index (χ3n) is 3.02. The van der Waals surface area contributed by atoms with Gasteiger partial charge in [-0.1, -0.05) is 35.9 Å². The molecule has 1 aromatic carbocycles. The van der Waals surface area contributed by atoms with Gasteiger partial charge < -0.3 is 5.32 Å². The monoisotopic (exact) mass is 249 g/mol. The number of rotatable bonds is 1. The molecule has 0 radical (unpaired) electrons. The minimum atomic E-state index is 0.275. The lowest BCUT2D eigenvalue weighted by molar-refractivity contribution is 0.575. The summed E-state index contributed by atoms with van der Waals surface area (Å²) in [5.41, 5.74) is 2.81. The van der Waals surface area contributed by atoms with Crippen LogP contribution in [-0.4, -0.2) is 6.54 Å². The lowest BCUT2D eigenvalue weighted by atomic mass is 9.93. The second-order valence-corrected chi connectivity index (χ2v) is 5.32. The van der Waals surface area contributed by atoms with Crippen molar-refractivity contribution in [2.24, 2.45) is 0 Å². The van der Waals surface area contributed by atoms with Crippen molar-refractivity contribution < 1.29 is 0 Å². The van der Waals surface area contributed by atoms with Crippen LogP contribution in [0, 0.1) is 0 Å². The van der Waals surface area contributed by atoms with Crippen LogP contribution in [0.25, 0.3) is 0 Å². The number of fused-ring (bicyclic) bond motifs is 1. The van der Waals surface area contributed by atoms with Gasteiger partial charge >= 0.3 is 0 Å². The molecule has 3 rings (SSSR count). The summed E-state index contributed by atoms with van der Waals surface area (Å²) in [5.74, 6) is 0. The van der Waals surface area contributed by atoms with E-state index in [9.17, 15) is 0 Å². The molecule has 0 fully saturated rings. The van der Waals surface area contributed by atoms with E-state index in [0.717, 1.165) is 18.0 Å². The van der Waals surface area contributed by atoms with E-state index >= 15 is 0 Å². The smallest absolute Gasteiger partial charge is 0.0688 e. The zero-order chi connectivity index (χ0) is 11.0. The standard InChI is InChI=1S/C13H12ClNS/c14-11-6-8-16-13(11)12-10-4-2-1-3-9(10)5-7-15-12/h1-4,6,8,12,15H,5,7H2. The fourth-order valence-electron chi connectivity index (χ4n) is 2.25. The van der Waals surface area contributed by atoms with Crippen molar-refractivity contribution >= 4 is 22.9 Å². The van der Waals surface area contributed by atoms with Crippen molar-refractivity contribution in [2.75, 3.05) is 6.54 Å². The zero-order valence-corrected chi connectivity index (χ0v) is 10.3. The molecule has 0 amide bonds. The van der Waals surface area contributed by atoms with Crippen LogP contribution < -0.4 is 5.32 Å². The molecule has 1 unspecified atom stereocenters. The Morgan fingerprint density at radius 1 is 1.25 bits per heavy atom. The first-order chi connectivity index (χ1) is 7.86. The number of hydrogen-bond donors (Lipinski definition) is 1. The molecule has 1 aromatic heterocycles. The molecule has 0 spiro atoms. The van der Waals surface area contributed by atoms with Gasteiger partial charge in [-0.05, 0) is 29.0 Å². The topological polar surface area (TPSA) is 12.0 Å². The Morgan fingerprint density at radius 3 is 2.94 bits per heavy atom. The largest absolute Gasteiger partial charge is 0.305 e. The Balaban J connectivity index is 2.08. The highest BCUT2D eigenvalue weighted by Gasteiger charge is 2.23. The van der Waals surface area contributed by atoms with Crippen molar-refractivity contribution in [3.8, 4) is 0 Å². The van der Waals surface area contributed by atoms with Gasteiger partial charge in [0.2, 0.25) is 0 Å². The van der Waals surface area contributed by atoms with Gasteiger partial charge in [-0.3, -0.25) is 0 Å². The zero-order valence-electron chi connectivity index (χ0n) is 8.74. The predicted molar refractivity (Wildman–Crippen MR) is 69.3 cm³/mol. The van der Waals surface area contributed by atoms with Crippen LogP contribution in [0.1, 0.15) is 22.0 Å². The molecular weight excluding hydrogens is 238 g/mol. The molecule has 16 heavy (non-hydrogen) atoms. The molecule has 82 valence electrons. The summed E-state index contributed by atoms with van der Waals surface area (Å²) in [6.07, 6.45) is 1.11. The molecule has 0 bridgehead atoms. The number of nitrogens with one attached hydrogen (secondary N) is 1. The number of benzene rings is 1. The van der Waals surface area contributed by atoms with E-state index in [1.807, 2.05) is 6.07 Å². The summed E-state index contributed by atoms with van der Waals surface area (Å²) in [6, 6.07) is 10.9. The van der Waals surface area contributed by atoms with Gasteiger partial charge in [0, 0.05) is 11.4 Å². The third kappa shape index (κ3) is 1.67. The van der Waals surface area contributed by atoms with Crippen LogP contribution >= 0.6 is 22.9 Å². The Bertz CT molecular complexity index is 506. The van der Waals surface area contributed by atoms with Crippen molar-refractivity contribution in [1.82, 2.24) is 5.32 Å². The number of hydrogen-bond acceptors (Lipinski definition) is 2. The van der Waals surface area contributed by atoms with E-state index < -0.39 is 0 Å². The second-order valence-electron chi connectivity index (χ2n) is 3.97. The summed E-state index contributed by atoms with van der Waals surface area (Å²) in [6.45, 7) is 1.02. The molecule has 2 heterocycles. The molecule has 1 N–H and O–H groups in total. The molecule has 1 aliphatic heterocycles. The highest BCUT2D eigenvalue weighted by molar-refractivity contribution is 7.10. The van der Waals surface area contributed by atoms with Gasteiger partial charge in [0.25, 0.3) is 0 Å². The average molecular weight is 250 g/mol. The molecule has 0 saturated heterocycles. The molecule has 0 saturated carbocycles. The summed E-state index contributed by atoms with van der Waals surface area (Å²) in [5, 5.41) is 6.47. The van der Waals surface area contributed by atoms with E-state index in [1.54, 1.807) is 11.3 Å². The Labute approximate surface area is 104 Å². The summed E-state index contributed by atoms with van der Waals surface area (Å²) >= 11 is 7.94. The maximum absolute atomic E-state index is 6.21. The van der Waals surface area contributed by atoms with Crippen LogP contribution in [0.3, 0.4) is 0 Å². The summed E-state index contributed by atoms with van der Waals surface area (Å²) < 4.78 is 0. The summed E-state index contributed by atoms with van der Waals surface area (Å²) in [7, 11) is 0. The van der Waals surface area contributed by atoms with Crippen LogP contribution in [-0.2, 0) is 6.42 Å². The fourth-order valence-corrected chi connectivity index (χ4v) is 3.51. The molecule has 3 heteroatoms. The number of thiophene rings is 1. The van der Waals surface area contributed by atoms with Gasteiger partial charge in [-0.25, -0.2) is 0 Å². The van der Waals surface area contributed by atoms with Crippen LogP contribution in [0.5, 0.6) is 0 Å². The minimum absolute atomic E-state index is 0.275. The highest BCUT2D eigenvalue weighted by Crippen LogP contribution is 2.35. The van der Waals surface area contributed by atoms with Gasteiger partial charge in [-0.15, -0.1) is 11.3 Å². The van der Waals surface area contributed by atoms with E-state index in [0.29, 0.717) is 0 Å². The quantitative estimate of drug-likeness (QED) is 0.814. The van der Waals surface area contributed by atoms with Crippen molar-refractivity contribution in [2.45, 2.75) is 12.5 Å². The molecule has 1 aliphatic rings. The van der Waals surface area contributed by atoms with Crippen molar-refractivity contribution in [3.63, 3.8) is 0 Å². The summed E-state index contributed by atoms with van der Waals surface area (Å²) in [4.78, 5) is 1.23. The van der Waals surface area contributed by atoms with Crippen LogP contribution in [0.4, 0.5) is 0 Å². The average Bonchev–Trinajstić information content (AvgIpc) is 2.75. The van der Waals surface area contributed by atoms with Gasteiger partial charge in [0.1, 0.15) is 0 Å². The maximum Gasteiger partial charge on any atom is 0.0688 e. The SMILES string of the molecule is Clc1ccsc1C1NCCc2ccccc21. The normalized spacial score (nSPS) is 19.4. The first kappa shape index (κ1) is 10.3. The van der Waals surface area contributed by atoms with E-state index in [1.165, 1.54) is 16.0 Å². The third-order valence-corrected chi connectivity index (χ3v) is 4.44.